The summed E-state index contributed by atoms with van der Waals surface area (Å²) in [5.74, 6) is -0.0183. The molecule has 0 radical (unpaired) electrons. The third-order valence-electron chi connectivity index (χ3n) is 3.33. The molecular formula is C13H19N3O2. The van der Waals surface area contributed by atoms with Gasteiger partial charge in [0.05, 0.1) is 6.61 Å². The monoisotopic (exact) mass is 249 g/mol. The van der Waals surface area contributed by atoms with E-state index in [1.807, 2.05) is 4.90 Å². The molecule has 1 aromatic heterocycles. The van der Waals surface area contributed by atoms with Crippen molar-refractivity contribution in [1.29, 1.82) is 0 Å². The number of rotatable bonds is 3. The van der Waals surface area contributed by atoms with Crippen LogP contribution in [0.1, 0.15) is 23.0 Å². The van der Waals surface area contributed by atoms with Gasteiger partial charge < -0.3 is 14.9 Å². The third-order valence-corrected chi connectivity index (χ3v) is 3.33. The molecule has 1 aliphatic heterocycles. The molecule has 0 aliphatic carbocycles. The van der Waals surface area contributed by atoms with Crippen LogP contribution >= 0.6 is 0 Å². The molecule has 18 heavy (non-hydrogen) atoms. The Hall–Kier alpha value is -1.46. The summed E-state index contributed by atoms with van der Waals surface area (Å²) in [5.41, 5.74) is 1.18. The summed E-state index contributed by atoms with van der Waals surface area (Å²) in [7, 11) is 0. The standard InChI is InChI=1S/C13H19N3O2/c1-2-15-5-7-16(8-6-15)13(18)12-4-3-11(10-17)9-14-12/h3-4,9,17H,2,5-8,10H2,1H3. The van der Waals surface area contributed by atoms with E-state index in [4.69, 9.17) is 5.11 Å². The number of nitrogens with zero attached hydrogens (tertiary/aromatic N) is 3. The lowest BCUT2D eigenvalue weighted by atomic mass is 10.2. The van der Waals surface area contributed by atoms with Gasteiger partial charge in [-0.05, 0) is 18.2 Å². The first-order valence-electron chi connectivity index (χ1n) is 6.32. The fourth-order valence-electron chi connectivity index (χ4n) is 2.07. The Bertz CT molecular complexity index is 397. The van der Waals surface area contributed by atoms with Gasteiger partial charge in [0.25, 0.3) is 5.91 Å². The average molecular weight is 249 g/mol. The first kappa shape index (κ1) is 13.0. The van der Waals surface area contributed by atoms with E-state index >= 15 is 0 Å². The van der Waals surface area contributed by atoms with Crippen LogP contribution in [0.3, 0.4) is 0 Å². The minimum Gasteiger partial charge on any atom is -0.392 e. The molecule has 1 aromatic rings. The molecule has 0 unspecified atom stereocenters. The summed E-state index contributed by atoms with van der Waals surface area (Å²) in [5, 5.41) is 8.93. The lowest BCUT2D eigenvalue weighted by molar-refractivity contribution is 0.0637. The number of piperazine rings is 1. The van der Waals surface area contributed by atoms with Gasteiger partial charge in [0.1, 0.15) is 5.69 Å². The SMILES string of the molecule is CCN1CCN(C(=O)c2ccc(CO)cn2)CC1. The minimum atomic E-state index is -0.0450. The number of pyridine rings is 1. The summed E-state index contributed by atoms with van der Waals surface area (Å²) >= 11 is 0. The highest BCUT2D eigenvalue weighted by molar-refractivity contribution is 5.92. The molecule has 1 saturated heterocycles. The number of carbonyl (C=O) groups is 1. The predicted octanol–water partition coefficient (Wildman–Crippen LogP) is 0.352. The highest BCUT2D eigenvalue weighted by Crippen LogP contribution is 2.08. The molecular weight excluding hydrogens is 230 g/mol. The van der Waals surface area contributed by atoms with Gasteiger partial charge in [0.2, 0.25) is 0 Å². The lowest BCUT2D eigenvalue weighted by Gasteiger charge is -2.33. The molecule has 5 heteroatoms. The average Bonchev–Trinajstić information content (AvgIpc) is 2.47. The molecule has 0 aromatic carbocycles. The number of likely N-dealkylation sites (N-methyl/N-ethyl adjacent to an activating group) is 1. The van der Waals surface area contributed by atoms with Gasteiger partial charge in [-0.3, -0.25) is 9.78 Å². The van der Waals surface area contributed by atoms with Crippen molar-refractivity contribution in [2.24, 2.45) is 0 Å². The van der Waals surface area contributed by atoms with Crippen LogP contribution in [0.2, 0.25) is 0 Å². The second kappa shape index (κ2) is 5.93. The van der Waals surface area contributed by atoms with Gasteiger partial charge in [0.15, 0.2) is 0 Å². The van der Waals surface area contributed by atoms with Gasteiger partial charge in [-0.2, -0.15) is 0 Å². The van der Waals surface area contributed by atoms with Gasteiger partial charge in [-0.1, -0.05) is 13.0 Å². The molecule has 1 N–H and O–H groups in total. The predicted molar refractivity (Wildman–Crippen MR) is 68.2 cm³/mol. The highest BCUT2D eigenvalue weighted by Gasteiger charge is 2.21. The van der Waals surface area contributed by atoms with E-state index in [0.717, 1.165) is 38.3 Å². The fourth-order valence-corrected chi connectivity index (χ4v) is 2.07. The smallest absolute Gasteiger partial charge is 0.272 e. The highest BCUT2D eigenvalue weighted by atomic mass is 16.3. The molecule has 98 valence electrons. The molecule has 0 saturated carbocycles. The lowest BCUT2D eigenvalue weighted by Crippen LogP contribution is -2.48. The maximum absolute atomic E-state index is 12.2. The summed E-state index contributed by atoms with van der Waals surface area (Å²) in [4.78, 5) is 20.4. The fraction of sp³-hybridized carbons (Fsp3) is 0.538. The molecule has 2 rings (SSSR count). The van der Waals surface area contributed by atoms with Crippen LogP contribution in [-0.4, -0.2) is 58.5 Å². The number of aliphatic hydroxyl groups excluding tert-OH is 1. The molecule has 0 bridgehead atoms. The van der Waals surface area contributed by atoms with Crippen molar-refractivity contribution in [1.82, 2.24) is 14.8 Å². The quantitative estimate of drug-likeness (QED) is 0.840. The molecule has 1 amide bonds. The van der Waals surface area contributed by atoms with E-state index in [2.05, 4.69) is 16.8 Å². The van der Waals surface area contributed by atoms with Crippen LogP contribution in [-0.2, 0) is 6.61 Å². The maximum Gasteiger partial charge on any atom is 0.272 e. The van der Waals surface area contributed by atoms with Crippen LogP contribution in [0.5, 0.6) is 0 Å². The zero-order valence-corrected chi connectivity index (χ0v) is 10.7. The second-order valence-corrected chi connectivity index (χ2v) is 4.44. The zero-order valence-electron chi connectivity index (χ0n) is 10.7. The Morgan fingerprint density at radius 3 is 2.56 bits per heavy atom. The van der Waals surface area contributed by atoms with E-state index < -0.39 is 0 Å². The summed E-state index contributed by atoms with van der Waals surface area (Å²) < 4.78 is 0. The van der Waals surface area contributed by atoms with Crippen molar-refractivity contribution in [3.63, 3.8) is 0 Å². The van der Waals surface area contributed by atoms with Crippen molar-refractivity contribution in [2.45, 2.75) is 13.5 Å². The van der Waals surface area contributed by atoms with E-state index in [1.165, 1.54) is 0 Å². The Balaban J connectivity index is 1.98. The third kappa shape index (κ3) is 2.86. The summed E-state index contributed by atoms with van der Waals surface area (Å²) in [6, 6.07) is 3.42. The maximum atomic E-state index is 12.2. The van der Waals surface area contributed by atoms with Gasteiger partial charge in [-0.25, -0.2) is 0 Å². The number of carbonyl (C=O) groups excluding carboxylic acids is 1. The van der Waals surface area contributed by atoms with Gasteiger partial charge >= 0.3 is 0 Å². The molecule has 0 atom stereocenters. The van der Waals surface area contributed by atoms with Gasteiger partial charge in [-0.15, -0.1) is 0 Å². The van der Waals surface area contributed by atoms with E-state index in [1.54, 1.807) is 18.3 Å². The molecule has 0 spiro atoms. The molecule has 5 nitrogen and oxygen atoms in total. The largest absolute Gasteiger partial charge is 0.392 e. The van der Waals surface area contributed by atoms with E-state index in [9.17, 15) is 4.79 Å². The number of hydrogen-bond acceptors (Lipinski definition) is 4. The number of aliphatic hydroxyl groups is 1. The van der Waals surface area contributed by atoms with Crippen LogP contribution in [0.25, 0.3) is 0 Å². The molecule has 1 aliphatic rings. The van der Waals surface area contributed by atoms with Crippen molar-refractivity contribution in [3.05, 3.63) is 29.6 Å². The Morgan fingerprint density at radius 1 is 1.33 bits per heavy atom. The molecule has 2 heterocycles. The Morgan fingerprint density at radius 2 is 2.06 bits per heavy atom. The normalized spacial score (nSPS) is 16.9. The number of amides is 1. The Labute approximate surface area is 107 Å². The number of hydrogen-bond donors (Lipinski definition) is 1. The minimum absolute atomic E-state index is 0.0183. The van der Waals surface area contributed by atoms with Crippen LogP contribution in [0, 0.1) is 0 Å². The molecule has 1 fully saturated rings. The van der Waals surface area contributed by atoms with Crippen molar-refractivity contribution in [3.8, 4) is 0 Å². The number of aromatic nitrogens is 1. The van der Waals surface area contributed by atoms with Crippen molar-refractivity contribution in [2.75, 3.05) is 32.7 Å². The first-order valence-corrected chi connectivity index (χ1v) is 6.32. The van der Waals surface area contributed by atoms with Crippen LogP contribution in [0.4, 0.5) is 0 Å². The van der Waals surface area contributed by atoms with Crippen LogP contribution < -0.4 is 0 Å². The Kier molecular flexibility index (Phi) is 4.28. The topological polar surface area (TPSA) is 56.7 Å². The zero-order chi connectivity index (χ0) is 13.0. The van der Waals surface area contributed by atoms with E-state index in [-0.39, 0.29) is 12.5 Å². The van der Waals surface area contributed by atoms with Crippen molar-refractivity contribution < 1.29 is 9.90 Å². The summed E-state index contributed by atoms with van der Waals surface area (Å²) in [6.07, 6.45) is 1.55. The van der Waals surface area contributed by atoms with Gasteiger partial charge in [0, 0.05) is 32.4 Å². The first-order chi connectivity index (χ1) is 8.74. The van der Waals surface area contributed by atoms with E-state index in [0.29, 0.717) is 5.69 Å². The summed E-state index contributed by atoms with van der Waals surface area (Å²) in [6.45, 7) is 6.49. The van der Waals surface area contributed by atoms with Crippen LogP contribution in [0.15, 0.2) is 18.3 Å². The van der Waals surface area contributed by atoms with Crippen molar-refractivity contribution >= 4 is 5.91 Å². The second-order valence-electron chi connectivity index (χ2n) is 4.44.